The second kappa shape index (κ2) is 10.6. The number of aromatic nitrogens is 3. The number of hydrogen-bond donors (Lipinski definition) is 2. The Balaban J connectivity index is 1.28. The van der Waals surface area contributed by atoms with Gasteiger partial charge in [-0.3, -0.25) is 14.6 Å². The lowest BCUT2D eigenvalue weighted by Crippen LogP contribution is -2.25. The molecular formula is C25H21N5O3. The lowest BCUT2D eigenvalue weighted by molar-refractivity contribution is 0.0953. The summed E-state index contributed by atoms with van der Waals surface area (Å²) >= 11 is 0. The molecule has 4 rings (SSSR count). The van der Waals surface area contributed by atoms with E-state index in [1.54, 1.807) is 42.6 Å². The van der Waals surface area contributed by atoms with E-state index >= 15 is 0 Å². The van der Waals surface area contributed by atoms with Gasteiger partial charge in [0.25, 0.3) is 11.8 Å². The van der Waals surface area contributed by atoms with E-state index < -0.39 is 0 Å². The van der Waals surface area contributed by atoms with Gasteiger partial charge in [-0.1, -0.05) is 24.3 Å². The third kappa shape index (κ3) is 6.20. The van der Waals surface area contributed by atoms with E-state index in [1.165, 1.54) is 12.4 Å². The fourth-order valence-corrected chi connectivity index (χ4v) is 2.94. The van der Waals surface area contributed by atoms with Gasteiger partial charge in [-0.2, -0.15) is 0 Å². The summed E-state index contributed by atoms with van der Waals surface area (Å²) in [6, 6.07) is 21.6. The molecule has 164 valence electrons. The van der Waals surface area contributed by atoms with Crippen molar-refractivity contribution in [1.82, 2.24) is 20.3 Å². The van der Waals surface area contributed by atoms with Gasteiger partial charge in [0.05, 0.1) is 5.56 Å². The van der Waals surface area contributed by atoms with Gasteiger partial charge < -0.3 is 15.4 Å². The SMILES string of the molecule is O=C(NCCc1ccccn1)c1ccc(NC(=O)c2cnc(Oc3ccccc3)nc2)cc1. The predicted octanol–water partition coefficient (Wildman–Crippen LogP) is 3.89. The maximum Gasteiger partial charge on any atom is 0.321 e. The highest BCUT2D eigenvalue weighted by atomic mass is 16.5. The number of carbonyl (C=O) groups excluding carboxylic acids is 2. The molecule has 2 N–H and O–H groups in total. The third-order valence-electron chi connectivity index (χ3n) is 4.64. The summed E-state index contributed by atoms with van der Waals surface area (Å²) < 4.78 is 5.52. The fourth-order valence-electron chi connectivity index (χ4n) is 2.94. The average molecular weight is 439 g/mol. The number of carbonyl (C=O) groups is 2. The van der Waals surface area contributed by atoms with Crippen LogP contribution in [0.4, 0.5) is 5.69 Å². The number of amides is 2. The van der Waals surface area contributed by atoms with Crippen molar-refractivity contribution in [3.05, 3.63) is 108 Å². The Kier molecular flexibility index (Phi) is 6.97. The number of hydrogen-bond acceptors (Lipinski definition) is 6. The van der Waals surface area contributed by atoms with Crippen molar-refractivity contribution in [2.45, 2.75) is 6.42 Å². The Labute approximate surface area is 190 Å². The molecular weight excluding hydrogens is 418 g/mol. The minimum Gasteiger partial charge on any atom is -0.424 e. The molecule has 0 unspecified atom stereocenters. The summed E-state index contributed by atoms with van der Waals surface area (Å²) in [6.45, 7) is 0.484. The van der Waals surface area contributed by atoms with Crippen LogP contribution in [-0.2, 0) is 6.42 Å². The van der Waals surface area contributed by atoms with E-state index in [-0.39, 0.29) is 23.4 Å². The standard InChI is InChI=1S/C25H21N5O3/c31-23(27-15-13-20-6-4-5-14-26-20)18-9-11-21(12-10-18)30-24(32)19-16-28-25(29-17-19)33-22-7-2-1-3-8-22/h1-12,14,16-17H,13,15H2,(H,27,31)(H,30,32). The molecule has 2 amide bonds. The number of pyridine rings is 1. The number of anilines is 1. The van der Waals surface area contributed by atoms with Crippen molar-refractivity contribution in [3.8, 4) is 11.8 Å². The second-order valence-electron chi connectivity index (χ2n) is 7.03. The molecule has 2 heterocycles. The van der Waals surface area contributed by atoms with Gasteiger partial charge in [-0.05, 0) is 48.5 Å². The third-order valence-corrected chi connectivity index (χ3v) is 4.64. The van der Waals surface area contributed by atoms with Gasteiger partial charge in [0.2, 0.25) is 0 Å². The maximum atomic E-state index is 12.5. The minimum absolute atomic E-state index is 0.149. The van der Waals surface area contributed by atoms with Crippen molar-refractivity contribution >= 4 is 17.5 Å². The number of rotatable bonds is 8. The molecule has 0 radical (unpaired) electrons. The first-order valence-corrected chi connectivity index (χ1v) is 10.3. The molecule has 0 atom stereocenters. The normalized spacial score (nSPS) is 10.3. The Bertz CT molecular complexity index is 1200. The number of benzene rings is 2. The van der Waals surface area contributed by atoms with Gasteiger partial charge in [-0.15, -0.1) is 0 Å². The number of nitrogens with zero attached hydrogens (tertiary/aromatic N) is 3. The summed E-state index contributed by atoms with van der Waals surface area (Å²) in [5.74, 6) is 0.0515. The number of nitrogens with one attached hydrogen (secondary N) is 2. The Morgan fingerprint density at radius 2 is 1.48 bits per heavy atom. The molecule has 2 aromatic heterocycles. The van der Waals surface area contributed by atoms with Gasteiger partial charge in [0.1, 0.15) is 5.75 Å². The first kappa shape index (κ1) is 21.6. The fraction of sp³-hybridized carbons (Fsp3) is 0.0800. The zero-order chi connectivity index (χ0) is 22.9. The van der Waals surface area contributed by atoms with Crippen molar-refractivity contribution in [3.63, 3.8) is 0 Å². The van der Waals surface area contributed by atoms with Crippen LogP contribution in [0.25, 0.3) is 0 Å². The largest absolute Gasteiger partial charge is 0.424 e. The molecule has 0 spiro atoms. The van der Waals surface area contributed by atoms with Crippen LogP contribution >= 0.6 is 0 Å². The highest BCUT2D eigenvalue weighted by Gasteiger charge is 2.10. The van der Waals surface area contributed by atoms with Crippen LogP contribution in [0, 0.1) is 0 Å². The van der Waals surface area contributed by atoms with Gasteiger partial charge in [-0.25, -0.2) is 9.97 Å². The molecule has 8 heteroatoms. The Morgan fingerprint density at radius 1 is 0.758 bits per heavy atom. The van der Waals surface area contributed by atoms with Crippen LogP contribution in [0.2, 0.25) is 0 Å². The Morgan fingerprint density at radius 3 is 2.18 bits per heavy atom. The molecule has 0 bridgehead atoms. The van der Waals surface area contributed by atoms with E-state index in [0.717, 1.165) is 5.69 Å². The highest BCUT2D eigenvalue weighted by Crippen LogP contribution is 2.17. The second-order valence-corrected chi connectivity index (χ2v) is 7.03. The van der Waals surface area contributed by atoms with Crippen LogP contribution in [0.3, 0.4) is 0 Å². The van der Waals surface area contributed by atoms with Crippen molar-refractivity contribution < 1.29 is 14.3 Å². The van der Waals surface area contributed by atoms with Crippen LogP contribution in [0.5, 0.6) is 11.8 Å². The minimum atomic E-state index is -0.367. The lowest BCUT2D eigenvalue weighted by Gasteiger charge is -2.08. The summed E-state index contributed by atoms with van der Waals surface area (Å²) in [7, 11) is 0. The van der Waals surface area contributed by atoms with Crippen molar-refractivity contribution in [2.75, 3.05) is 11.9 Å². The number of para-hydroxylation sites is 1. The molecule has 0 saturated carbocycles. The lowest BCUT2D eigenvalue weighted by atomic mass is 10.2. The molecule has 0 saturated heterocycles. The molecule has 0 fully saturated rings. The number of ether oxygens (including phenoxy) is 1. The molecule has 0 aliphatic rings. The average Bonchev–Trinajstić information content (AvgIpc) is 2.86. The van der Waals surface area contributed by atoms with Gasteiger partial charge >= 0.3 is 6.01 Å². The highest BCUT2D eigenvalue weighted by molar-refractivity contribution is 6.04. The van der Waals surface area contributed by atoms with Gasteiger partial charge in [0.15, 0.2) is 0 Å². The molecule has 0 aliphatic heterocycles. The molecule has 33 heavy (non-hydrogen) atoms. The Hall–Kier alpha value is -4.59. The zero-order valence-electron chi connectivity index (χ0n) is 17.6. The first-order valence-electron chi connectivity index (χ1n) is 10.3. The smallest absolute Gasteiger partial charge is 0.321 e. The zero-order valence-corrected chi connectivity index (χ0v) is 17.6. The van der Waals surface area contributed by atoms with Crippen LogP contribution in [0.15, 0.2) is 91.4 Å². The van der Waals surface area contributed by atoms with Crippen LogP contribution in [0.1, 0.15) is 26.4 Å². The maximum absolute atomic E-state index is 12.5. The summed E-state index contributed by atoms with van der Waals surface area (Å²) in [4.78, 5) is 37.1. The molecule has 4 aromatic rings. The van der Waals surface area contributed by atoms with Crippen molar-refractivity contribution in [2.24, 2.45) is 0 Å². The van der Waals surface area contributed by atoms with E-state index in [1.807, 2.05) is 36.4 Å². The summed E-state index contributed by atoms with van der Waals surface area (Å²) in [5.41, 5.74) is 2.25. The van der Waals surface area contributed by atoms with Gasteiger partial charge in [0, 0.05) is 48.5 Å². The molecule has 2 aromatic carbocycles. The van der Waals surface area contributed by atoms with E-state index in [0.29, 0.717) is 30.0 Å². The van der Waals surface area contributed by atoms with E-state index in [2.05, 4.69) is 25.6 Å². The van der Waals surface area contributed by atoms with Crippen LogP contribution < -0.4 is 15.4 Å². The first-order chi connectivity index (χ1) is 16.2. The summed E-state index contributed by atoms with van der Waals surface area (Å²) in [6.07, 6.45) is 5.16. The molecule has 8 nitrogen and oxygen atoms in total. The van der Waals surface area contributed by atoms with Crippen LogP contribution in [-0.4, -0.2) is 33.3 Å². The topological polar surface area (TPSA) is 106 Å². The molecule has 0 aliphatic carbocycles. The predicted molar refractivity (Wildman–Crippen MR) is 123 cm³/mol. The summed E-state index contributed by atoms with van der Waals surface area (Å²) in [5, 5.41) is 5.62. The quantitative estimate of drug-likeness (QED) is 0.431. The van der Waals surface area contributed by atoms with Crippen molar-refractivity contribution in [1.29, 1.82) is 0 Å². The van der Waals surface area contributed by atoms with E-state index in [9.17, 15) is 9.59 Å². The monoisotopic (exact) mass is 439 g/mol. The van der Waals surface area contributed by atoms with E-state index in [4.69, 9.17) is 4.74 Å².